The summed E-state index contributed by atoms with van der Waals surface area (Å²) in [7, 11) is 3.15. The van der Waals surface area contributed by atoms with Crippen LogP contribution in [0, 0.1) is 0 Å². The summed E-state index contributed by atoms with van der Waals surface area (Å²) < 4.78 is 21.3. The SMILES string of the molecule is COc1ccc(CNc2nc(O[C@H]3[C@H](O)[C@@H](CO)O[C@H]3O)nc3nc[nH]c23)c(OC)c1. The number of aliphatic hydroxyl groups is 3. The number of anilines is 1. The monoisotopic (exact) mass is 433 g/mol. The molecular formula is C19H23N5O7. The van der Waals surface area contributed by atoms with Crippen LogP contribution in [0.1, 0.15) is 5.56 Å². The number of imidazole rings is 1. The number of aromatic nitrogens is 4. The van der Waals surface area contributed by atoms with E-state index in [4.69, 9.17) is 18.9 Å². The lowest BCUT2D eigenvalue weighted by Gasteiger charge is -2.18. The number of aliphatic hydroxyl groups excluding tert-OH is 3. The molecule has 5 N–H and O–H groups in total. The first-order chi connectivity index (χ1) is 15.0. The molecule has 1 saturated heterocycles. The Kier molecular flexibility index (Phi) is 6.04. The minimum Gasteiger partial charge on any atom is -0.497 e. The largest absolute Gasteiger partial charge is 0.497 e. The van der Waals surface area contributed by atoms with E-state index in [1.54, 1.807) is 20.3 Å². The van der Waals surface area contributed by atoms with Crippen LogP contribution < -0.4 is 19.5 Å². The van der Waals surface area contributed by atoms with Gasteiger partial charge < -0.3 is 44.6 Å². The highest BCUT2D eigenvalue weighted by Crippen LogP contribution is 2.28. The fourth-order valence-electron chi connectivity index (χ4n) is 3.29. The smallest absolute Gasteiger partial charge is 0.321 e. The molecule has 4 rings (SSSR count). The maximum atomic E-state index is 10.2. The number of nitrogens with one attached hydrogen (secondary N) is 2. The summed E-state index contributed by atoms with van der Waals surface area (Å²) >= 11 is 0. The summed E-state index contributed by atoms with van der Waals surface area (Å²) in [5, 5.41) is 32.6. The van der Waals surface area contributed by atoms with Gasteiger partial charge in [-0.25, -0.2) is 4.98 Å². The Labute approximate surface area is 176 Å². The van der Waals surface area contributed by atoms with Gasteiger partial charge in [0.15, 0.2) is 23.9 Å². The number of aromatic amines is 1. The van der Waals surface area contributed by atoms with Crippen LogP contribution in [0.15, 0.2) is 24.5 Å². The van der Waals surface area contributed by atoms with Gasteiger partial charge in [-0.3, -0.25) is 0 Å². The van der Waals surface area contributed by atoms with Crippen molar-refractivity contribution in [3.63, 3.8) is 0 Å². The normalized spacial score (nSPS) is 23.1. The van der Waals surface area contributed by atoms with E-state index < -0.39 is 31.2 Å². The van der Waals surface area contributed by atoms with Crippen LogP contribution >= 0.6 is 0 Å². The van der Waals surface area contributed by atoms with E-state index in [1.165, 1.54) is 6.33 Å². The molecule has 0 bridgehead atoms. The average molecular weight is 433 g/mol. The van der Waals surface area contributed by atoms with Crippen LogP contribution in [0.2, 0.25) is 0 Å². The number of fused-ring (bicyclic) bond motifs is 1. The van der Waals surface area contributed by atoms with E-state index in [0.717, 1.165) is 5.56 Å². The first-order valence-corrected chi connectivity index (χ1v) is 9.49. The Bertz CT molecular complexity index is 1050. The van der Waals surface area contributed by atoms with Gasteiger partial charge in [0.1, 0.15) is 29.2 Å². The molecule has 3 aromatic rings. The summed E-state index contributed by atoms with van der Waals surface area (Å²) in [5.74, 6) is 1.71. The van der Waals surface area contributed by atoms with Crippen molar-refractivity contribution in [1.82, 2.24) is 19.9 Å². The second kappa shape index (κ2) is 8.89. The molecule has 12 heteroatoms. The Morgan fingerprint density at radius 1 is 1.19 bits per heavy atom. The molecule has 0 radical (unpaired) electrons. The molecule has 0 unspecified atom stereocenters. The number of nitrogens with zero attached hydrogens (tertiary/aromatic N) is 3. The molecule has 1 fully saturated rings. The third-order valence-electron chi connectivity index (χ3n) is 4.94. The summed E-state index contributed by atoms with van der Waals surface area (Å²) in [4.78, 5) is 15.6. The first kappa shape index (κ1) is 21.1. The van der Waals surface area contributed by atoms with Gasteiger partial charge >= 0.3 is 6.01 Å². The minimum absolute atomic E-state index is 0.117. The number of hydrogen-bond acceptors (Lipinski definition) is 11. The number of methoxy groups -OCH3 is 2. The van der Waals surface area contributed by atoms with Gasteiger partial charge in [0.25, 0.3) is 0 Å². The van der Waals surface area contributed by atoms with Crippen molar-refractivity contribution in [3.8, 4) is 17.5 Å². The van der Waals surface area contributed by atoms with Gasteiger partial charge in [-0.05, 0) is 12.1 Å². The second-order valence-electron chi connectivity index (χ2n) is 6.81. The molecule has 166 valence electrons. The molecule has 3 heterocycles. The van der Waals surface area contributed by atoms with E-state index in [0.29, 0.717) is 35.0 Å². The molecule has 0 saturated carbocycles. The van der Waals surface area contributed by atoms with E-state index in [9.17, 15) is 15.3 Å². The molecular weight excluding hydrogens is 410 g/mol. The lowest BCUT2D eigenvalue weighted by atomic mass is 10.1. The lowest BCUT2D eigenvalue weighted by molar-refractivity contribution is -0.129. The van der Waals surface area contributed by atoms with Gasteiger partial charge in [0.05, 0.1) is 27.2 Å². The van der Waals surface area contributed by atoms with Gasteiger partial charge in [-0.2, -0.15) is 9.97 Å². The molecule has 0 spiro atoms. The highest BCUT2D eigenvalue weighted by molar-refractivity contribution is 5.82. The second-order valence-corrected chi connectivity index (χ2v) is 6.81. The Hall–Kier alpha value is -3.19. The van der Waals surface area contributed by atoms with E-state index in [2.05, 4.69) is 25.3 Å². The van der Waals surface area contributed by atoms with E-state index in [1.807, 2.05) is 12.1 Å². The van der Waals surface area contributed by atoms with Crippen LogP contribution in [0.3, 0.4) is 0 Å². The van der Waals surface area contributed by atoms with Crippen molar-refractivity contribution < 1.29 is 34.3 Å². The standard InChI is InChI=1S/C19H23N5O7/c1-28-10-4-3-9(11(5-10)29-2)6-20-16-13-17(22-8-21-13)24-19(23-16)31-15-14(26)12(7-25)30-18(15)27/h3-5,8,12,14-15,18,25-27H,6-7H2,1-2H3,(H2,20,21,22,23,24)/t12-,14-,15+,18-/m1/s1. The molecule has 1 aliphatic heterocycles. The zero-order valence-electron chi connectivity index (χ0n) is 16.8. The Balaban J connectivity index is 1.57. The summed E-state index contributed by atoms with van der Waals surface area (Å²) in [6.07, 6.45) is -3.35. The molecule has 31 heavy (non-hydrogen) atoms. The molecule has 4 atom stereocenters. The van der Waals surface area contributed by atoms with Crippen LogP contribution in [0.4, 0.5) is 5.82 Å². The van der Waals surface area contributed by atoms with Crippen LogP contribution in [-0.2, 0) is 11.3 Å². The van der Waals surface area contributed by atoms with Gasteiger partial charge in [-0.1, -0.05) is 0 Å². The highest BCUT2D eigenvalue weighted by Gasteiger charge is 2.45. The van der Waals surface area contributed by atoms with Crippen molar-refractivity contribution in [1.29, 1.82) is 0 Å². The fourth-order valence-corrected chi connectivity index (χ4v) is 3.29. The number of hydrogen-bond donors (Lipinski definition) is 5. The maximum absolute atomic E-state index is 10.2. The van der Waals surface area contributed by atoms with Crippen molar-refractivity contribution in [2.75, 3.05) is 26.1 Å². The molecule has 0 aliphatic carbocycles. The highest BCUT2D eigenvalue weighted by atomic mass is 16.7. The van der Waals surface area contributed by atoms with Gasteiger partial charge in [0.2, 0.25) is 0 Å². The fraction of sp³-hybridized carbons (Fsp3) is 0.421. The van der Waals surface area contributed by atoms with Crippen LogP contribution in [0.25, 0.3) is 11.2 Å². The van der Waals surface area contributed by atoms with Crippen LogP contribution in [0.5, 0.6) is 17.5 Å². The van der Waals surface area contributed by atoms with Gasteiger partial charge in [0, 0.05) is 18.2 Å². The van der Waals surface area contributed by atoms with Crippen molar-refractivity contribution in [2.45, 2.75) is 31.1 Å². The van der Waals surface area contributed by atoms with E-state index in [-0.39, 0.29) is 6.01 Å². The maximum Gasteiger partial charge on any atom is 0.321 e. The summed E-state index contributed by atoms with van der Waals surface area (Å²) in [6, 6.07) is 5.34. The number of benzene rings is 1. The quantitative estimate of drug-likeness (QED) is 0.319. The summed E-state index contributed by atoms with van der Waals surface area (Å²) in [6.45, 7) is -0.101. The predicted molar refractivity (Wildman–Crippen MR) is 107 cm³/mol. The van der Waals surface area contributed by atoms with Crippen LogP contribution in [-0.4, -0.2) is 80.7 Å². The van der Waals surface area contributed by atoms with Gasteiger partial charge in [-0.15, -0.1) is 0 Å². The average Bonchev–Trinajstić information content (AvgIpc) is 3.37. The first-order valence-electron chi connectivity index (χ1n) is 9.49. The number of rotatable bonds is 8. The molecule has 2 aromatic heterocycles. The third kappa shape index (κ3) is 4.18. The zero-order valence-corrected chi connectivity index (χ0v) is 16.8. The minimum atomic E-state index is -1.44. The van der Waals surface area contributed by atoms with E-state index >= 15 is 0 Å². The number of ether oxygens (including phenoxy) is 4. The third-order valence-corrected chi connectivity index (χ3v) is 4.94. The number of H-pyrrole nitrogens is 1. The lowest BCUT2D eigenvalue weighted by Crippen LogP contribution is -2.39. The molecule has 0 amide bonds. The zero-order chi connectivity index (χ0) is 22.0. The van der Waals surface area contributed by atoms with Crippen molar-refractivity contribution in [2.24, 2.45) is 0 Å². The van der Waals surface area contributed by atoms with Crippen molar-refractivity contribution >= 4 is 17.0 Å². The summed E-state index contributed by atoms with van der Waals surface area (Å²) in [5.41, 5.74) is 1.74. The Morgan fingerprint density at radius 2 is 2.03 bits per heavy atom. The molecule has 1 aliphatic rings. The predicted octanol–water partition coefficient (Wildman–Crippen LogP) is -0.200. The Morgan fingerprint density at radius 3 is 2.74 bits per heavy atom. The molecule has 1 aromatic carbocycles. The topological polar surface area (TPSA) is 164 Å². The van der Waals surface area contributed by atoms with Crippen molar-refractivity contribution in [3.05, 3.63) is 30.1 Å². The molecule has 12 nitrogen and oxygen atoms in total.